The van der Waals surface area contributed by atoms with Crippen LogP contribution in [-0.4, -0.2) is 9.97 Å². The molecule has 2 aromatic heterocycles. The number of halogens is 1. The van der Waals surface area contributed by atoms with Crippen molar-refractivity contribution in [1.29, 1.82) is 0 Å². The largest absolute Gasteiger partial charge is 0.339 e. The van der Waals surface area contributed by atoms with Crippen molar-refractivity contribution in [2.24, 2.45) is 0 Å². The minimum Gasteiger partial charge on any atom is -0.339 e. The first-order chi connectivity index (χ1) is 11.3. The minimum atomic E-state index is -0.235. The van der Waals surface area contributed by atoms with Crippen LogP contribution in [0, 0.1) is 5.82 Å². The molecule has 0 fully saturated rings. The molecule has 3 nitrogen and oxygen atoms in total. The molecule has 4 rings (SSSR count). The van der Waals surface area contributed by atoms with Crippen LogP contribution in [0.15, 0.2) is 67.0 Å². The molecule has 112 valence electrons. The van der Waals surface area contributed by atoms with Gasteiger partial charge in [-0.15, -0.1) is 11.3 Å². The van der Waals surface area contributed by atoms with Gasteiger partial charge in [0.2, 0.25) is 0 Å². The summed E-state index contributed by atoms with van der Waals surface area (Å²) in [6, 6.07) is 18.4. The van der Waals surface area contributed by atoms with E-state index in [4.69, 9.17) is 0 Å². The Balaban J connectivity index is 1.77. The van der Waals surface area contributed by atoms with E-state index in [1.807, 2.05) is 36.4 Å². The lowest BCUT2D eigenvalue weighted by Gasteiger charge is -2.05. The first-order valence-electron chi connectivity index (χ1n) is 7.12. The average Bonchev–Trinajstić information content (AvgIpc) is 3.02. The second kappa shape index (κ2) is 5.78. The summed E-state index contributed by atoms with van der Waals surface area (Å²) in [5.74, 6) is 0.542. The summed E-state index contributed by atoms with van der Waals surface area (Å²) in [4.78, 5) is 9.72. The number of para-hydroxylation sites is 1. The Hall–Kier alpha value is -2.79. The molecule has 5 heteroatoms. The Morgan fingerprint density at radius 2 is 1.70 bits per heavy atom. The molecule has 0 unspecified atom stereocenters. The Kier molecular flexibility index (Phi) is 3.48. The molecule has 0 aliphatic carbocycles. The van der Waals surface area contributed by atoms with Crippen LogP contribution in [0.25, 0.3) is 20.7 Å². The van der Waals surface area contributed by atoms with E-state index >= 15 is 0 Å². The summed E-state index contributed by atoms with van der Waals surface area (Å²) >= 11 is 1.59. The van der Waals surface area contributed by atoms with Crippen LogP contribution < -0.4 is 5.32 Å². The molecular weight excluding hydrogens is 309 g/mol. The van der Waals surface area contributed by atoms with E-state index in [1.165, 1.54) is 12.1 Å². The van der Waals surface area contributed by atoms with E-state index in [2.05, 4.69) is 15.3 Å². The van der Waals surface area contributed by atoms with Gasteiger partial charge in [-0.1, -0.05) is 30.3 Å². The zero-order chi connectivity index (χ0) is 15.6. The van der Waals surface area contributed by atoms with Crippen molar-refractivity contribution in [2.75, 3.05) is 5.32 Å². The molecule has 0 atom stereocenters. The summed E-state index contributed by atoms with van der Waals surface area (Å²) < 4.78 is 14.1. The molecule has 4 aromatic rings. The third-order valence-corrected chi connectivity index (χ3v) is 4.66. The number of aromatic nitrogens is 2. The van der Waals surface area contributed by atoms with Gasteiger partial charge >= 0.3 is 0 Å². The fourth-order valence-corrected chi connectivity index (χ4v) is 3.42. The number of fused-ring (bicyclic) bond motifs is 1. The number of anilines is 2. The third kappa shape index (κ3) is 2.78. The van der Waals surface area contributed by atoms with Crippen LogP contribution in [0.3, 0.4) is 0 Å². The van der Waals surface area contributed by atoms with Gasteiger partial charge in [0.05, 0.1) is 10.2 Å². The van der Waals surface area contributed by atoms with Crippen molar-refractivity contribution < 1.29 is 4.39 Å². The molecule has 0 spiro atoms. The molecule has 2 heterocycles. The van der Waals surface area contributed by atoms with E-state index in [9.17, 15) is 4.39 Å². The van der Waals surface area contributed by atoms with Gasteiger partial charge in [-0.25, -0.2) is 14.4 Å². The summed E-state index contributed by atoms with van der Waals surface area (Å²) in [7, 11) is 0. The number of thiophene rings is 1. The first kappa shape index (κ1) is 13.8. The van der Waals surface area contributed by atoms with Gasteiger partial charge < -0.3 is 5.32 Å². The predicted octanol–water partition coefficient (Wildman–Crippen LogP) is 5.24. The lowest BCUT2D eigenvalue weighted by Crippen LogP contribution is -1.93. The van der Waals surface area contributed by atoms with Gasteiger partial charge in [-0.05, 0) is 35.9 Å². The predicted molar refractivity (Wildman–Crippen MR) is 92.5 cm³/mol. The second-order valence-electron chi connectivity index (χ2n) is 5.05. The molecule has 23 heavy (non-hydrogen) atoms. The van der Waals surface area contributed by atoms with E-state index in [-0.39, 0.29) is 5.82 Å². The maximum Gasteiger partial charge on any atom is 0.151 e. The number of hydrogen-bond donors (Lipinski definition) is 1. The highest BCUT2D eigenvalue weighted by atomic mass is 32.1. The highest BCUT2D eigenvalue weighted by Crippen LogP contribution is 2.36. The van der Waals surface area contributed by atoms with E-state index < -0.39 is 0 Å². The second-order valence-corrected chi connectivity index (χ2v) is 6.10. The van der Waals surface area contributed by atoms with Crippen molar-refractivity contribution in [3.05, 3.63) is 72.8 Å². The molecule has 0 amide bonds. The quantitative estimate of drug-likeness (QED) is 0.560. The van der Waals surface area contributed by atoms with Crippen molar-refractivity contribution in [3.8, 4) is 10.4 Å². The molecule has 0 radical (unpaired) electrons. The standard InChI is InChI=1S/C18H12FN3S/c19-13-8-6-12(7-9-13)16-10-15-17(23-16)18(21-11-20-15)22-14-4-2-1-3-5-14/h1-11H,(H,20,21,22). The summed E-state index contributed by atoms with van der Waals surface area (Å²) in [5, 5.41) is 3.32. The highest BCUT2D eigenvalue weighted by Gasteiger charge is 2.10. The highest BCUT2D eigenvalue weighted by molar-refractivity contribution is 7.22. The maximum atomic E-state index is 13.1. The van der Waals surface area contributed by atoms with Crippen LogP contribution >= 0.6 is 11.3 Å². The summed E-state index contributed by atoms with van der Waals surface area (Å²) in [6.07, 6.45) is 1.55. The Morgan fingerprint density at radius 1 is 0.913 bits per heavy atom. The first-order valence-corrected chi connectivity index (χ1v) is 7.94. The Morgan fingerprint density at radius 3 is 2.48 bits per heavy atom. The van der Waals surface area contributed by atoms with E-state index in [0.717, 1.165) is 32.2 Å². The number of nitrogens with one attached hydrogen (secondary N) is 1. The maximum absolute atomic E-state index is 13.1. The molecule has 0 aliphatic heterocycles. The number of rotatable bonds is 3. The molecule has 0 saturated carbocycles. The third-order valence-electron chi connectivity index (χ3n) is 3.48. The fraction of sp³-hybridized carbons (Fsp3) is 0. The number of hydrogen-bond acceptors (Lipinski definition) is 4. The zero-order valence-corrected chi connectivity index (χ0v) is 12.8. The Labute approximate surface area is 136 Å². The molecule has 0 aliphatic rings. The SMILES string of the molecule is Fc1ccc(-c2cc3ncnc(Nc4ccccc4)c3s2)cc1. The van der Waals surface area contributed by atoms with Gasteiger partial charge in [0, 0.05) is 10.6 Å². The van der Waals surface area contributed by atoms with Gasteiger partial charge in [0.25, 0.3) is 0 Å². The lowest BCUT2D eigenvalue weighted by molar-refractivity contribution is 0.628. The molecular formula is C18H12FN3S. The molecule has 0 bridgehead atoms. The topological polar surface area (TPSA) is 37.8 Å². The van der Waals surface area contributed by atoms with Crippen LogP contribution in [0.2, 0.25) is 0 Å². The van der Waals surface area contributed by atoms with Crippen molar-refractivity contribution in [1.82, 2.24) is 9.97 Å². The van der Waals surface area contributed by atoms with Crippen molar-refractivity contribution in [3.63, 3.8) is 0 Å². The average molecular weight is 321 g/mol. The fourth-order valence-electron chi connectivity index (χ4n) is 2.36. The van der Waals surface area contributed by atoms with Crippen LogP contribution in [0.1, 0.15) is 0 Å². The molecule has 1 N–H and O–H groups in total. The summed E-state index contributed by atoms with van der Waals surface area (Å²) in [6.45, 7) is 0. The number of nitrogens with zero attached hydrogens (tertiary/aromatic N) is 2. The van der Waals surface area contributed by atoms with Gasteiger partial charge in [-0.2, -0.15) is 0 Å². The Bertz CT molecular complexity index is 949. The van der Waals surface area contributed by atoms with Crippen molar-refractivity contribution in [2.45, 2.75) is 0 Å². The smallest absolute Gasteiger partial charge is 0.151 e. The van der Waals surface area contributed by atoms with Gasteiger partial charge in [0.1, 0.15) is 12.1 Å². The lowest BCUT2D eigenvalue weighted by atomic mass is 10.2. The monoisotopic (exact) mass is 321 g/mol. The zero-order valence-electron chi connectivity index (χ0n) is 12.0. The van der Waals surface area contributed by atoms with Crippen LogP contribution in [0.4, 0.5) is 15.9 Å². The summed E-state index contributed by atoms with van der Waals surface area (Å²) in [5.41, 5.74) is 2.83. The van der Waals surface area contributed by atoms with Gasteiger partial charge in [0.15, 0.2) is 5.82 Å². The van der Waals surface area contributed by atoms with Crippen LogP contribution in [-0.2, 0) is 0 Å². The van der Waals surface area contributed by atoms with Gasteiger partial charge in [-0.3, -0.25) is 0 Å². The molecule has 0 saturated heterocycles. The normalized spacial score (nSPS) is 10.8. The number of benzene rings is 2. The van der Waals surface area contributed by atoms with Crippen LogP contribution in [0.5, 0.6) is 0 Å². The van der Waals surface area contributed by atoms with E-state index in [1.54, 1.807) is 29.8 Å². The molecule has 2 aromatic carbocycles. The van der Waals surface area contributed by atoms with Crippen molar-refractivity contribution >= 4 is 33.1 Å². The minimum absolute atomic E-state index is 0.235. The van der Waals surface area contributed by atoms with E-state index in [0.29, 0.717) is 0 Å².